The highest BCUT2D eigenvalue weighted by atomic mass is 35.5. The molecule has 0 aliphatic carbocycles. The molecule has 6 nitrogen and oxygen atoms in total. The number of sulfone groups is 1. The van der Waals surface area contributed by atoms with Crippen LogP contribution in [0.25, 0.3) is 0 Å². The van der Waals surface area contributed by atoms with E-state index in [1.807, 2.05) is 0 Å². The molecule has 21 heavy (non-hydrogen) atoms. The fourth-order valence-corrected chi connectivity index (χ4v) is 4.11. The summed E-state index contributed by atoms with van der Waals surface area (Å²) in [7, 11) is -4.79. The van der Waals surface area contributed by atoms with Crippen LogP contribution in [0.3, 0.4) is 0 Å². The zero-order valence-corrected chi connectivity index (χ0v) is 14.0. The molecule has 2 atom stereocenters. The molecule has 3 N–H and O–H groups in total. The van der Waals surface area contributed by atoms with Gasteiger partial charge in [-0.15, -0.1) is 0 Å². The van der Waals surface area contributed by atoms with Crippen LogP contribution in [0.1, 0.15) is 6.92 Å². The second kappa shape index (κ2) is 7.24. The van der Waals surface area contributed by atoms with Crippen LogP contribution in [-0.2, 0) is 25.4 Å². The smallest absolute Gasteiger partial charge is 0.239 e. The fraction of sp³-hybridized carbons (Fsp3) is 0.417. The van der Waals surface area contributed by atoms with Crippen LogP contribution >= 0.6 is 11.6 Å². The van der Waals surface area contributed by atoms with E-state index in [2.05, 4.69) is 5.32 Å². The van der Waals surface area contributed by atoms with Gasteiger partial charge in [-0.05, 0) is 25.1 Å². The first-order valence-corrected chi connectivity index (χ1v) is 9.83. The van der Waals surface area contributed by atoms with Crippen molar-refractivity contribution in [2.75, 3.05) is 28.8 Å². The van der Waals surface area contributed by atoms with Crippen molar-refractivity contribution in [2.24, 2.45) is 0 Å². The molecule has 1 aromatic rings. The zero-order chi connectivity index (χ0) is 16.2. The van der Waals surface area contributed by atoms with Crippen LogP contribution in [-0.4, -0.2) is 41.5 Å². The molecule has 0 aromatic heterocycles. The first kappa shape index (κ1) is 17.9. The number of amides is 1. The number of anilines is 2. The molecule has 1 aromatic carbocycles. The summed E-state index contributed by atoms with van der Waals surface area (Å²) in [5.74, 6) is -0.792. The summed E-state index contributed by atoms with van der Waals surface area (Å²) in [5, 5.41) is 2.14. The summed E-state index contributed by atoms with van der Waals surface area (Å²) in [4.78, 5) is 12.0. The molecule has 0 fully saturated rings. The van der Waals surface area contributed by atoms with Crippen LogP contribution in [0, 0.1) is 0 Å². The first-order valence-electron chi connectivity index (χ1n) is 6.01. The number of hydrogen-bond acceptors (Lipinski definition) is 5. The number of nitrogens with two attached hydrogens (primary N) is 1. The molecule has 0 saturated heterocycles. The summed E-state index contributed by atoms with van der Waals surface area (Å²) in [6.45, 7) is 1.47. The monoisotopic (exact) mass is 352 g/mol. The molecule has 0 heterocycles. The van der Waals surface area contributed by atoms with E-state index in [0.717, 1.165) is 6.26 Å². The van der Waals surface area contributed by atoms with Crippen molar-refractivity contribution in [1.29, 1.82) is 0 Å². The second-order valence-corrected chi connectivity index (χ2v) is 9.15. The van der Waals surface area contributed by atoms with E-state index in [-0.39, 0.29) is 11.5 Å². The van der Waals surface area contributed by atoms with Crippen molar-refractivity contribution >= 4 is 49.5 Å². The van der Waals surface area contributed by atoms with Crippen molar-refractivity contribution in [1.82, 2.24) is 0 Å². The van der Waals surface area contributed by atoms with Gasteiger partial charge in [0, 0.05) is 27.8 Å². The summed E-state index contributed by atoms with van der Waals surface area (Å²) < 4.78 is 34.0. The lowest BCUT2D eigenvalue weighted by atomic mass is 10.2. The Hall–Kier alpha value is -1.12. The van der Waals surface area contributed by atoms with Gasteiger partial charge in [0.25, 0.3) is 0 Å². The Bertz CT molecular complexity index is 661. The number of nitrogen functional groups attached to an aromatic ring is 1. The topological polar surface area (TPSA) is 106 Å². The Morgan fingerprint density at radius 2 is 2.10 bits per heavy atom. The molecule has 0 radical (unpaired) electrons. The van der Waals surface area contributed by atoms with E-state index < -0.39 is 31.8 Å². The van der Waals surface area contributed by atoms with E-state index >= 15 is 0 Å². The summed E-state index contributed by atoms with van der Waals surface area (Å²) >= 11 is 5.75. The van der Waals surface area contributed by atoms with Gasteiger partial charge in [-0.3, -0.25) is 9.00 Å². The van der Waals surface area contributed by atoms with E-state index in [1.54, 1.807) is 12.1 Å². The highest BCUT2D eigenvalue weighted by Crippen LogP contribution is 2.22. The summed E-state index contributed by atoms with van der Waals surface area (Å²) in [6.07, 6.45) is 1.06. The third kappa shape index (κ3) is 6.03. The molecule has 0 bridgehead atoms. The molecule has 0 saturated carbocycles. The average Bonchev–Trinajstić information content (AvgIpc) is 2.37. The Morgan fingerprint density at radius 3 is 2.62 bits per heavy atom. The fourth-order valence-electron chi connectivity index (χ4n) is 1.41. The van der Waals surface area contributed by atoms with Crippen LogP contribution in [0.4, 0.5) is 11.4 Å². The molecule has 1 rings (SSSR count). The van der Waals surface area contributed by atoms with Gasteiger partial charge in [-0.2, -0.15) is 0 Å². The van der Waals surface area contributed by atoms with E-state index in [1.165, 1.54) is 13.0 Å². The zero-order valence-electron chi connectivity index (χ0n) is 11.6. The van der Waals surface area contributed by atoms with Gasteiger partial charge in [0.05, 0.1) is 17.1 Å². The van der Waals surface area contributed by atoms with Gasteiger partial charge < -0.3 is 11.1 Å². The van der Waals surface area contributed by atoms with Gasteiger partial charge in [-0.25, -0.2) is 8.42 Å². The molecule has 0 aliphatic heterocycles. The van der Waals surface area contributed by atoms with Crippen LogP contribution in [0.15, 0.2) is 18.2 Å². The Kier molecular flexibility index (Phi) is 6.18. The molecule has 9 heteroatoms. The number of rotatable bonds is 6. The Morgan fingerprint density at radius 1 is 1.48 bits per heavy atom. The van der Waals surface area contributed by atoms with Crippen molar-refractivity contribution in [2.45, 2.75) is 12.2 Å². The largest absolute Gasteiger partial charge is 0.397 e. The van der Waals surface area contributed by atoms with Crippen molar-refractivity contribution in [3.05, 3.63) is 23.2 Å². The van der Waals surface area contributed by atoms with Gasteiger partial charge in [0.1, 0.15) is 15.1 Å². The Labute approximate surface area is 131 Å². The highest BCUT2D eigenvalue weighted by molar-refractivity contribution is 7.92. The van der Waals surface area contributed by atoms with E-state index in [9.17, 15) is 17.4 Å². The van der Waals surface area contributed by atoms with Crippen molar-refractivity contribution < 1.29 is 17.4 Å². The quantitative estimate of drug-likeness (QED) is 0.744. The maximum absolute atomic E-state index is 12.0. The minimum absolute atomic E-state index is 0.0798. The first-order chi connectivity index (χ1) is 9.60. The third-order valence-corrected chi connectivity index (χ3v) is 5.74. The van der Waals surface area contributed by atoms with Crippen molar-refractivity contribution in [3.63, 3.8) is 0 Å². The number of hydrogen-bond donors (Lipinski definition) is 2. The molecular formula is C12H17ClN2O4S2. The lowest BCUT2D eigenvalue weighted by Crippen LogP contribution is -2.32. The van der Waals surface area contributed by atoms with Gasteiger partial charge >= 0.3 is 0 Å². The lowest BCUT2D eigenvalue weighted by molar-refractivity contribution is -0.115. The number of halogens is 1. The number of benzene rings is 1. The molecule has 0 spiro atoms. The predicted molar refractivity (Wildman–Crippen MR) is 86.7 cm³/mol. The Balaban J connectivity index is 2.68. The SMILES string of the molecule is CC(C(=O)Nc1ccc(Cl)cc1N)S(=O)CCS(C)(=O)=O. The van der Waals surface area contributed by atoms with Crippen LogP contribution in [0.2, 0.25) is 5.02 Å². The summed E-state index contributed by atoms with van der Waals surface area (Å²) in [5.41, 5.74) is 6.38. The summed E-state index contributed by atoms with van der Waals surface area (Å²) in [6, 6.07) is 4.60. The molecule has 2 unspecified atom stereocenters. The van der Waals surface area contributed by atoms with E-state index in [0.29, 0.717) is 16.4 Å². The second-order valence-electron chi connectivity index (χ2n) is 4.58. The number of carbonyl (C=O) groups excluding carboxylic acids is 1. The number of nitrogens with one attached hydrogen (secondary N) is 1. The highest BCUT2D eigenvalue weighted by Gasteiger charge is 2.21. The average molecular weight is 353 g/mol. The lowest BCUT2D eigenvalue weighted by Gasteiger charge is -2.13. The molecule has 0 aliphatic rings. The normalized spacial score (nSPS) is 14.4. The van der Waals surface area contributed by atoms with Gasteiger partial charge in [0.15, 0.2) is 0 Å². The van der Waals surface area contributed by atoms with E-state index in [4.69, 9.17) is 17.3 Å². The van der Waals surface area contributed by atoms with Crippen LogP contribution < -0.4 is 11.1 Å². The van der Waals surface area contributed by atoms with Crippen LogP contribution in [0.5, 0.6) is 0 Å². The van der Waals surface area contributed by atoms with Gasteiger partial charge in [0.2, 0.25) is 5.91 Å². The standard InChI is InChI=1S/C12H17ClN2O4S2/c1-8(20(17)5-6-21(2,18)19)12(16)15-11-4-3-9(13)7-10(11)14/h3-4,7-8H,5-6,14H2,1-2H3,(H,15,16). The molecular weight excluding hydrogens is 336 g/mol. The minimum Gasteiger partial charge on any atom is -0.397 e. The molecule has 118 valence electrons. The maximum Gasteiger partial charge on any atom is 0.239 e. The maximum atomic E-state index is 12.0. The van der Waals surface area contributed by atoms with Gasteiger partial charge in [-0.1, -0.05) is 11.6 Å². The minimum atomic E-state index is -3.21. The molecule has 1 amide bonds. The predicted octanol–water partition coefficient (Wildman–Crippen LogP) is 1.04. The number of carbonyl (C=O) groups is 1. The third-order valence-electron chi connectivity index (χ3n) is 2.69. The van der Waals surface area contributed by atoms with Crippen molar-refractivity contribution in [3.8, 4) is 0 Å².